The number of aliphatic hydroxyl groups excluding tert-OH is 1. The second-order valence-corrected chi connectivity index (χ2v) is 7.19. The van der Waals surface area contributed by atoms with Crippen LogP contribution < -0.4 is 11.1 Å². The van der Waals surface area contributed by atoms with E-state index in [4.69, 9.17) is 16.2 Å². The number of nitrogens with two attached hydrogens (primary N) is 1. The molecule has 31 heavy (non-hydrogen) atoms. The Morgan fingerprint density at radius 2 is 2.10 bits per heavy atom. The van der Waals surface area contributed by atoms with E-state index in [-0.39, 0.29) is 5.91 Å². The van der Waals surface area contributed by atoms with Crippen molar-refractivity contribution in [1.82, 2.24) is 9.88 Å². The summed E-state index contributed by atoms with van der Waals surface area (Å²) in [7, 11) is 0. The monoisotopic (exact) mass is 427 g/mol. The number of carbonyl (C=O) groups is 1. The van der Waals surface area contributed by atoms with Crippen molar-refractivity contribution in [3.8, 4) is 0 Å². The van der Waals surface area contributed by atoms with E-state index in [2.05, 4.69) is 10.3 Å². The molecule has 3 rings (SSSR count). The van der Waals surface area contributed by atoms with E-state index < -0.39 is 19.1 Å². The Balaban J connectivity index is 1.67. The van der Waals surface area contributed by atoms with Crippen LogP contribution in [0.2, 0.25) is 0 Å². The van der Waals surface area contributed by atoms with Crippen LogP contribution in [0.1, 0.15) is 22.3 Å². The van der Waals surface area contributed by atoms with Crippen molar-refractivity contribution in [2.45, 2.75) is 19.0 Å². The lowest BCUT2D eigenvalue weighted by atomic mass is 10.0. The Morgan fingerprint density at radius 3 is 2.81 bits per heavy atom. The predicted octanol–water partition coefficient (Wildman–Crippen LogP) is 2.63. The molecule has 1 aromatic heterocycles. The number of carbonyl (C=O) groups excluding carboxylic acids is 1. The summed E-state index contributed by atoms with van der Waals surface area (Å²) in [6, 6.07) is 6.98. The highest BCUT2D eigenvalue weighted by Crippen LogP contribution is 2.28. The van der Waals surface area contributed by atoms with E-state index in [9.17, 15) is 13.6 Å². The molecule has 0 aliphatic carbocycles. The van der Waals surface area contributed by atoms with Gasteiger partial charge in [-0.25, -0.2) is 8.78 Å². The molecule has 0 radical (unpaired) electrons. The van der Waals surface area contributed by atoms with Crippen LogP contribution in [0.5, 0.6) is 0 Å². The van der Waals surface area contributed by atoms with Crippen molar-refractivity contribution in [2.24, 2.45) is 5.73 Å². The van der Waals surface area contributed by atoms with Gasteiger partial charge >= 0.3 is 0 Å². The zero-order valence-electron chi connectivity index (χ0n) is 16.7. The fourth-order valence-electron chi connectivity index (χ4n) is 3.40. The average Bonchev–Trinajstić information content (AvgIpc) is 3.14. The number of halogens is 2. The largest absolute Gasteiger partial charge is 0.404 e. The number of hydrogen-bond acceptors (Lipinski definition) is 6. The minimum atomic E-state index is -3.15. The lowest BCUT2D eigenvalue weighted by molar-refractivity contribution is -0.111. The maximum Gasteiger partial charge on any atom is 0.283 e. The Morgan fingerprint density at radius 1 is 1.32 bits per heavy atom. The number of allylic oxidation sites excluding steroid dienone is 1. The Hall–Kier alpha value is -3.43. The SMILES string of the molecule is N=CC(=CN)c1ccncc1/C=C/C(=O)Nc1ccc2c(c1)CN(CC(F)(F)CO)C2. The van der Waals surface area contributed by atoms with Crippen LogP contribution in [0.3, 0.4) is 0 Å². The van der Waals surface area contributed by atoms with Gasteiger partial charge in [-0.15, -0.1) is 0 Å². The van der Waals surface area contributed by atoms with Gasteiger partial charge in [0.1, 0.15) is 6.61 Å². The van der Waals surface area contributed by atoms with Crippen LogP contribution in [-0.2, 0) is 17.9 Å². The number of alkyl halides is 2. The van der Waals surface area contributed by atoms with Gasteiger partial charge in [-0.05, 0) is 41.0 Å². The molecule has 0 bridgehead atoms. The molecule has 1 aliphatic rings. The number of nitrogens with zero attached hydrogens (tertiary/aromatic N) is 2. The molecule has 0 unspecified atom stereocenters. The summed E-state index contributed by atoms with van der Waals surface area (Å²) in [6.45, 7) is -1.02. The van der Waals surface area contributed by atoms with Crippen LogP contribution in [-0.4, -0.2) is 46.2 Å². The molecule has 1 amide bonds. The summed E-state index contributed by atoms with van der Waals surface area (Å²) >= 11 is 0. The van der Waals surface area contributed by atoms with Crippen molar-refractivity contribution in [3.05, 3.63) is 71.2 Å². The Kier molecular flexibility index (Phi) is 6.88. The lowest BCUT2D eigenvalue weighted by Gasteiger charge is -2.21. The normalized spacial score (nSPS) is 14.6. The second kappa shape index (κ2) is 9.59. The molecular weight excluding hydrogens is 404 g/mol. The van der Waals surface area contributed by atoms with E-state index in [0.29, 0.717) is 35.5 Å². The van der Waals surface area contributed by atoms with E-state index in [1.54, 1.807) is 47.6 Å². The van der Waals surface area contributed by atoms with Gasteiger partial charge < -0.3 is 21.6 Å². The number of hydrogen-bond donors (Lipinski definition) is 4. The van der Waals surface area contributed by atoms with Gasteiger partial charge in [0.05, 0.1) is 6.54 Å². The van der Waals surface area contributed by atoms with Crippen molar-refractivity contribution in [2.75, 3.05) is 18.5 Å². The first-order chi connectivity index (χ1) is 14.8. The third-order valence-corrected chi connectivity index (χ3v) is 4.86. The number of amides is 1. The number of aliphatic hydroxyl groups is 1. The number of aromatic nitrogens is 1. The van der Waals surface area contributed by atoms with E-state index in [1.807, 2.05) is 0 Å². The molecule has 7 nitrogen and oxygen atoms in total. The first kappa shape index (κ1) is 22.3. The number of rotatable bonds is 8. The molecule has 0 fully saturated rings. The third kappa shape index (κ3) is 5.59. The molecular formula is C22H23F2N5O2. The van der Waals surface area contributed by atoms with Crippen LogP contribution in [0.25, 0.3) is 11.6 Å². The molecule has 162 valence electrons. The van der Waals surface area contributed by atoms with Gasteiger partial charge in [0.25, 0.3) is 5.92 Å². The number of fused-ring (bicyclic) bond motifs is 1. The number of pyridine rings is 1. The fraction of sp³-hybridized carbons (Fsp3) is 0.227. The molecule has 0 saturated carbocycles. The Bertz CT molecular complexity index is 1040. The smallest absolute Gasteiger partial charge is 0.283 e. The van der Waals surface area contributed by atoms with Crippen LogP contribution >= 0.6 is 0 Å². The van der Waals surface area contributed by atoms with Crippen LogP contribution in [0.15, 0.2) is 48.9 Å². The number of anilines is 1. The summed E-state index contributed by atoms with van der Waals surface area (Å²) in [6.07, 6.45) is 8.50. The first-order valence-electron chi connectivity index (χ1n) is 9.54. The maximum atomic E-state index is 13.4. The molecule has 0 spiro atoms. The average molecular weight is 427 g/mol. The van der Waals surface area contributed by atoms with Gasteiger partial charge in [0.2, 0.25) is 5.91 Å². The van der Waals surface area contributed by atoms with Crippen LogP contribution in [0.4, 0.5) is 14.5 Å². The molecule has 2 heterocycles. The standard InChI is InChI=1S/C22H23F2N5O2/c23-22(24,14-30)13-29-11-16-1-3-19(7-17(16)12-29)28-21(31)4-2-15-10-27-6-5-20(15)18(8-25)9-26/h1-10,25,30H,11-14,26H2,(H,28,31)/b4-2+,18-9?,25-8?. The molecule has 1 aromatic carbocycles. The van der Waals surface area contributed by atoms with Crippen molar-refractivity contribution >= 4 is 29.5 Å². The molecule has 5 N–H and O–H groups in total. The summed E-state index contributed by atoms with van der Waals surface area (Å²) in [5.41, 5.74) is 9.67. The van der Waals surface area contributed by atoms with Crippen molar-refractivity contribution < 1.29 is 18.7 Å². The van der Waals surface area contributed by atoms with Gasteiger partial charge in [0.15, 0.2) is 0 Å². The van der Waals surface area contributed by atoms with Crippen LogP contribution in [0, 0.1) is 5.41 Å². The predicted molar refractivity (Wildman–Crippen MR) is 115 cm³/mol. The highest BCUT2D eigenvalue weighted by atomic mass is 19.3. The van der Waals surface area contributed by atoms with E-state index in [1.165, 1.54) is 12.3 Å². The number of benzene rings is 1. The van der Waals surface area contributed by atoms with E-state index in [0.717, 1.165) is 17.3 Å². The highest BCUT2D eigenvalue weighted by molar-refractivity contribution is 6.10. The minimum Gasteiger partial charge on any atom is -0.404 e. The van der Waals surface area contributed by atoms with Gasteiger partial charge in [0, 0.05) is 60.8 Å². The molecule has 0 atom stereocenters. The third-order valence-electron chi connectivity index (χ3n) is 4.86. The summed E-state index contributed by atoms with van der Waals surface area (Å²) in [4.78, 5) is 18.0. The zero-order valence-corrected chi connectivity index (χ0v) is 16.7. The summed E-state index contributed by atoms with van der Waals surface area (Å²) in [5, 5.41) is 19.0. The fourth-order valence-corrected chi connectivity index (χ4v) is 3.40. The summed E-state index contributed by atoms with van der Waals surface area (Å²) in [5.74, 6) is -3.52. The van der Waals surface area contributed by atoms with E-state index >= 15 is 0 Å². The Labute approximate surface area is 178 Å². The van der Waals surface area contributed by atoms with Crippen molar-refractivity contribution in [1.29, 1.82) is 5.41 Å². The zero-order chi connectivity index (χ0) is 22.4. The molecule has 2 aromatic rings. The van der Waals surface area contributed by atoms with Crippen molar-refractivity contribution in [3.63, 3.8) is 0 Å². The maximum absolute atomic E-state index is 13.4. The van der Waals surface area contributed by atoms with Gasteiger partial charge in [-0.2, -0.15) is 0 Å². The molecule has 9 heteroatoms. The number of nitrogens with one attached hydrogen (secondary N) is 2. The topological polar surface area (TPSA) is 115 Å². The minimum absolute atomic E-state index is 0.321. The lowest BCUT2D eigenvalue weighted by Crippen LogP contribution is -2.36. The molecule has 0 saturated heterocycles. The second-order valence-electron chi connectivity index (χ2n) is 7.19. The highest BCUT2D eigenvalue weighted by Gasteiger charge is 2.33. The quantitative estimate of drug-likeness (QED) is 0.382. The van der Waals surface area contributed by atoms with Gasteiger partial charge in [-0.1, -0.05) is 6.07 Å². The molecule has 1 aliphatic heterocycles. The van der Waals surface area contributed by atoms with Gasteiger partial charge in [-0.3, -0.25) is 14.7 Å². The first-order valence-corrected chi connectivity index (χ1v) is 9.54. The summed E-state index contributed by atoms with van der Waals surface area (Å²) < 4.78 is 26.9.